The highest BCUT2D eigenvalue weighted by Gasteiger charge is 2.10. The van der Waals surface area contributed by atoms with Crippen LogP contribution < -0.4 is 4.74 Å². The zero-order chi connectivity index (χ0) is 12.1. The maximum atomic E-state index is 13.2. The van der Waals surface area contributed by atoms with Crippen LogP contribution in [0.25, 0.3) is 0 Å². The summed E-state index contributed by atoms with van der Waals surface area (Å²) in [4.78, 5) is 10.7. The maximum Gasteiger partial charge on any atom is 0.384 e. The van der Waals surface area contributed by atoms with Gasteiger partial charge in [0.2, 0.25) is 0 Å². The second-order valence-corrected chi connectivity index (χ2v) is 2.71. The minimum atomic E-state index is -0.878. The summed E-state index contributed by atoms with van der Waals surface area (Å²) in [6.07, 6.45) is 0. The Hall–Kier alpha value is -2.09. The summed E-state index contributed by atoms with van der Waals surface area (Å²) in [5, 5.41) is 0. The topological polar surface area (TPSA) is 35.5 Å². The number of carbonyl (C=O) groups is 1. The van der Waals surface area contributed by atoms with E-state index < -0.39 is 17.6 Å². The Kier molecular flexibility index (Phi) is 3.84. The van der Waals surface area contributed by atoms with Crippen LogP contribution in [0.15, 0.2) is 12.1 Å². The molecule has 0 heterocycles. The van der Waals surface area contributed by atoms with Crippen molar-refractivity contribution in [2.75, 3.05) is 14.2 Å². The summed E-state index contributed by atoms with van der Waals surface area (Å²) in [5.74, 6) is 1.63. The average Bonchev–Trinajstić information content (AvgIpc) is 2.25. The molecule has 3 nitrogen and oxygen atoms in total. The molecule has 0 aliphatic carbocycles. The molecule has 1 aromatic carbocycles. The summed E-state index contributed by atoms with van der Waals surface area (Å²) in [5.41, 5.74) is -0.0506. The number of halogens is 2. The van der Waals surface area contributed by atoms with Gasteiger partial charge in [0.05, 0.1) is 19.8 Å². The number of methoxy groups -OCH3 is 2. The number of esters is 1. The summed E-state index contributed by atoms with van der Waals surface area (Å²) in [6.45, 7) is 0. The van der Waals surface area contributed by atoms with E-state index >= 15 is 0 Å². The molecule has 0 unspecified atom stereocenters. The van der Waals surface area contributed by atoms with Crippen molar-refractivity contribution in [3.63, 3.8) is 0 Å². The first-order valence-electron chi connectivity index (χ1n) is 4.21. The van der Waals surface area contributed by atoms with Crippen LogP contribution >= 0.6 is 0 Å². The lowest BCUT2D eigenvalue weighted by Crippen LogP contribution is -1.97. The second kappa shape index (κ2) is 5.12. The second-order valence-electron chi connectivity index (χ2n) is 2.71. The van der Waals surface area contributed by atoms with E-state index in [-0.39, 0.29) is 11.3 Å². The predicted molar refractivity (Wildman–Crippen MR) is 51.8 cm³/mol. The molecule has 0 atom stereocenters. The number of ether oxygens (including phenoxy) is 2. The third kappa shape index (κ3) is 2.70. The lowest BCUT2D eigenvalue weighted by atomic mass is 10.2. The Morgan fingerprint density at radius 2 is 2.00 bits per heavy atom. The molecule has 0 spiro atoms. The van der Waals surface area contributed by atoms with Gasteiger partial charge in [0, 0.05) is 12.0 Å². The Bertz CT molecular complexity index is 472. The maximum absolute atomic E-state index is 13.2. The molecule has 0 aromatic heterocycles. The molecular weight excluding hydrogens is 218 g/mol. The summed E-state index contributed by atoms with van der Waals surface area (Å²) in [6, 6.07) is 1.64. The first-order valence-corrected chi connectivity index (χ1v) is 4.21. The number of hydrogen-bond acceptors (Lipinski definition) is 3. The molecule has 0 N–H and O–H groups in total. The van der Waals surface area contributed by atoms with Gasteiger partial charge >= 0.3 is 5.97 Å². The van der Waals surface area contributed by atoms with Crippen LogP contribution in [0, 0.1) is 23.5 Å². The Balaban J connectivity index is 3.20. The van der Waals surface area contributed by atoms with Gasteiger partial charge in [0.1, 0.15) is 5.82 Å². The molecule has 0 saturated heterocycles. The van der Waals surface area contributed by atoms with Crippen molar-refractivity contribution < 1.29 is 23.0 Å². The molecule has 0 aliphatic rings. The van der Waals surface area contributed by atoms with Crippen molar-refractivity contribution in [3.8, 4) is 17.6 Å². The van der Waals surface area contributed by atoms with Crippen LogP contribution in [0.2, 0.25) is 0 Å². The molecule has 0 aliphatic heterocycles. The predicted octanol–water partition coefficient (Wildman–Crippen LogP) is 1.50. The van der Waals surface area contributed by atoms with Crippen LogP contribution in [-0.4, -0.2) is 20.2 Å². The van der Waals surface area contributed by atoms with Crippen LogP contribution in [0.1, 0.15) is 5.56 Å². The Morgan fingerprint density at radius 3 is 2.56 bits per heavy atom. The van der Waals surface area contributed by atoms with Crippen molar-refractivity contribution in [3.05, 3.63) is 29.3 Å². The lowest BCUT2D eigenvalue weighted by molar-refractivity contribution is -0.133. The molecule has 0 bridgehead atoms. The quantitative estimate of drug-likeness (QED) is 0.537. The average molecular weight is 226 g/mol. The van der Waals surface area contributed by atoms with Gasteiger partial charge in [-0.25, -0.2) is 13.6 Å². The van der Waals surface area contributed by atoms with Crippen LogP contribution in [0.5, 0.6) is 5.75 Å². The molecule has 84 valence electrons. The van der Waals surface area contributed by atoms with Gasteiger partial charge in [0.25, 0.3) is 0 Å². The molecule has 1 aromatic rings. The van der Waals surface area contributed by atoms with Crippen molar-refractivity contribution in [2.45, 2.75) is 0 Å². The first kappa shape index (κ1) is 12.0. The van der Waals surface area contributed by atoms with Gasteiger partial charge in [-0.3, -0.25) is 0 Å². The smallest absolute Gasteiger partial charge is 0.384 e. The zero-order valence-corrected chi connectivity index (χ0v) is 8.64. The minimum absolute atomic E-state index is 0.0506. The monoisotopic (exact) mass is 226 g/mol. The van der Waals surface area contributed by atoms with E-state index in [9.17, 15) is 13.6 Å². The number of carbonyl (C=O) groups excluding carboxylic acids is 1. The molecule has 0 radical (unpaired) electrons. The fourth-order valence-corrected chi connectivity index (χ4v) is 1.03. The van der Waals surface area contributed by atoms with E-state index in [2.05, 4.69) is 16.6 Å². The fraction of sp³-hybridized carbons (Fsp3) is 0.182. The van der Waals surface area contributed by atoms with Gasteiger partial charge in [-0.2, -0.15) is 0 Å². The van der Waals surface area contributed by atoms with Crippen molar-refractivity contribution in [1.82, 2.24) is 0 Å². The van der Waals surface area contributed by atoms with E-state index in [0.717, 1.165) is 13.2 Å². The van der Waals surface area contributed by atoms with Crippen LogP contribution in [0.3, 0.4) is 0 Å². The summed E-state index contributed by atoms with van der Waals surface area (Å²) < 4.78 is 35.0. The SMILES string of the molecule is COC(=O)C#Cc1cc(F)cc(F)c1OC. The van der Waals surface area contributed by atoms with Crippen LogP contribution in [-0.2, 0) is 9.53 Å². The van der Waals surface area contributed by atoms with Gasteiger partial charge in [-0.1, -0.05) is 5.92 Å². The van der Waals surface area contributed by atoms with E-state index in [1.165, 1.54) is 7.11 Å². The molecule has 0 amide bonds. The standard InChI is InChI=1S/C11H8F2O3/c1-15-10(14)4-3-7-5-8(12)6-9(13)11(7)16-2/h5-6H,1-2H3. The van der Waals surface area contributed by atoms with Crippen LogP contribution in [0.4, 0.5) is 8.78 Å². The van der Waals surface area contributed by atoms with E-state index in [1.807, 2.05) is 0 Å². The minimum Gasteiger partial charge on any atom is -0.492 e. The first-order chi connectivity index (χ1) is 7.58. The number of hydrogen-bond donors (Lipinski definition) is 0. The third-order valence-corrected chi connectivity index (χ3v) is 1.70. The van der Waals surface area contributed by atoms with Crippen molar-refractivity contribution >= 4 is 5.97 Å². The normalized spacial score (nSPS) is 9.00. The van der Waals surface area contributed by atoms with Gasteiger partial charge in [0.15, 0.2) is 11.6 Å². The molecular formula is C11H8F2O3. The third-order valence-electron chi connectivity index (χ3n) is 1.70. The van der Waals surface area contributed by atoms with Crippen molar-refractivity contribution in [2.24, 2.45) is 0 Å². The number of rotatable bonds is 1. The van der Waals surface area contributed by atoms with Gasteiger partial charge in [-0.05, 0) is 6.07 Å². The summed E-state index contributed by atoms with van der Waals surface area (Å²) >= 11 is 0. The lowest BCUT2D eigenvalue weighted by Gasteiger charge is -2.04. The highest BCUT2D eigenvalue weighted by Crippen LogP contribution is 2.22. The molecule has 16 heavy (non-hydrogen) atoms. The number of benzene rings is 1. The summed E-state index contributed by atoms with van der Waals surface area (Å²) in [7, 11) is 2.38. The highest BCUT2D eigenvalue weighted by molar-refractivity contribution is 5.89. The molecule has 5 heteroatoms. The molecule has 0 fully saturated rings. The Labute approximate surface area is 91.0 Å². The van der Waals surface area contributed by atoms with Gasteiger partial charge < -0.3 is 9.47 Å². The van der Waals surface area contributed by atoms with E-state index in [4.69, 9.17) is 4.74 Å². The zero-order valence-electron chi connectivity index (χ0n) is 8.64. The largest absolute Gasteiger partial charge is 0.492 e. The Morgan fingerprint density at radius 1 is 1.31 bits per heavy atom. The highest BCUT2D eigenvalue weighted by atomic mass is 19.1. The van der Waals surface area contributed by atoms with E-state index in [0.29, 0.717) is 6.07 Å². The fourth-order valence-electron chi connectivity index (χ4n) is 1.03. The van der Waals surface area contributed by atoms with E-state index in [1.54, 1.807) is 0 Å². The van der Waals surface area contributed by atoms with Crippen molar-refractivity contribution in [1.29, 1.82) is 0 Å². The van der Waals surface area contributed by atoms with Gasteiger partial charge in [-0.15, -0.1) is 0 Å². The molecule has 0 saturated carbocycles. The molecule has 1 rings (SSSR count).